The molecule has 72 valence electrons. The highest BCUT2D eigenvalue weighted by molar-refractivity contribution is 4.94. The molecule has 0 amide bonds. The van der Waals surface area contributed by atoms with Gasteiger partial charge in [0.2, 0.25) is 5.79 Å². The smallest absolute Gasteiger partial charge is 0.219 e. The number of ether oxygens (including phenoxy) is 1. The molecular weight excluding hydrogens is 171 g/mol. The van der Waals surface area contributed by atoms with Gasteiger partial charge < -0.3 is 25.2 Å². The molecule has 0 aliphatic carbocycles. The Kier molecular flexibility index (Phi) is 2.64. The number of rotatable bonds is 2. The molecule has 0 aromatic carbocycles. The Bertz CT molecular complexity index is 166. The maximum Gasteiger partial charge on any atom is 0.219 e. The van der Waals surface area contributed by atoms with Crippen LogP contribution in [0, 0.1) is 0 Å². The van der Waals surface area contributed by atoms with Gasteiger partial charge in [0.25, 0.3) is 0 Å². The highest BCUT2D eigenvalue weighted by Gasteiger charge is 2.52. The van der Waals surface area contributed by atoms with Gasteiger partial charge in [-0.1, -0.05) is 0 Å². The fraction of sp³-hybridized carbons (Fsp3) is 1.00. The van der Waals surface area contributed by atoms with Gasteiger partial charge in [-0.3, -0.25) is 0 Å². The van der Waals surface area contributed by atoms with Crippen molar-refractivity contribution < 1.29 is 29.6 Å². The van der Waals surface area contributed by atoms with Gasteiger partial charge in [-0.25, -0.2) is 4.39 Å². The second kappa shape index (κ2) is 3.23. The van der Waals surface area contributed by atoms with Crippen LogP contribution in [0.25, 0.3) is 0 Å². The Morgan fingerprint density at radius 2 is 2.00 bits per heavy atom. The molecule has 0 saturated carbocycles. The molecule has 0 aromatic rings. The quantitative estimate of drug-likeness (QED) is 0.387. The largest absolute Gasteiger partial charge is 0.391 e. The molecular formula is C6H11FO5. The zero-order chi connectivity index (χ0) is 9.35. The Morgan fingerprint density at radius 3 is 2.25 bits per heavy atom. The van der Waals surface area contributed by atoms with E-state index in [1.54, 1.807) is 0 Å². The SMILES string of the molecule is OCC1(O)O[C@H](CF)[C@@H](O)[C@H]1O. The van der Waals surface area contributed by atoms with Crippen LogP contribution in [-0.2, 0) is 4.74 Å². The number of alkyl halides is 1. The Hall–Kier alpha value is -0.270. The van der Waals surface area contributed by atoms with E-state index >= 15 is 0 Å². The summed E-state index contributed by atoms with van der Waals surface area (Å²) in [5.41, 5.74) is 0. The predicted molar refractivity (Wildman–Crippen MR) is 34.9 cm³/mol. The summed E-state index contributed by atoms with van der Waals surface area (Å²) in [7, 11) is 0. The van der Waals surface area contributed by atoms with Crippen molar-refractivity contribution in [3.63, 3.8) is 0 Å². The molecule has 0 spiro atoms. The van der Waals surface area contributed by atoms with Crippen molar-refractivity contribution >= 4 is 0 Å². The van der Waals surface area contributed by atoms with E-state index in [0.29, 0.717) is 0 Å². The molecule has 1 rings (SSSR count). The Labute approximate surface area is 68.0 Å². The summed E-state index contributed by atoms with van der Waals surface area (Å²) >= 11 is 0. The van der Waals surface area contributed by atoms with Crippen molar-refractivity contribution in [1.82, 2.24) is 0 Å². The van der Waals surface area contributed by atoms with Crippen LogP contribution in [-0.4, -0.2) is 57.8 Å². The lowest BCUT2D eigenvalue weighted by molar-refractivity contribution is -0.246. The minimum atomic E-state index is -2.24. The van der Waals surface area contributed by atoms with Crippen molar-refractivity contribution in [2.24, 2.45) is 0 Å². The van der Waals surface area contributed by atoms with Crippen LogP contribution in [0.2, 0.25) is 0 Å². The van der Waals surface area contributed by atoms with Gasteiger partial charge in [-0.15, -0.1) is 0 Å². The average Bonchev–Trinajstić information content (AvgIpc) is 2.31. The topological polar surface area (TPSA) is 90.2 Å². The van der Waals surface area contributed by atoms with Gasteiger partial charge in [0.05, 0.1) is 6.61 Å². The third-order valence-corrected chi connectivity index (χ3v) is 1.90. The Balaban J connectivity index is 2.72. The lowest BCUT2D eigenvalue weighted by Crippen LogP contribution is -2.46. The average molecular weight is 182 g/mol. The van der Waals surface area contributed by atoms with Crippen molar-refractivity contribution in [2.75, 3.05) is 13.3 Å². The molecule has 0 radical (unpaired) electrons. The molecule has 1 heterocycles. The van der Waals surface area contributed by atoms with E-state index in [4.69, 9.17) is 15.3 Å². The van der Waals surface area contributed by atoms with Crippen LogP contribution in [0.5, 0.6) is 0 Å². The normalized spacial score (nSPS) is 48.2. The van der Waals surface area contributed by atoms with Gasteiger partial charge >= 0.3 is 0 Å². The maximum absolute atomic E-state index is 12.0. The van der Waals surface area contributed by atoms with Gasteiger partial charge in [-0.2, -0.15) is 0 Å². The Morgan fingerprint density at radius 1 is 1.42 bits per heavy atom. The summed E-state index contributed by atoms with van der Waals surface area (Å²) in [6, 6.07) is 0. The molecule has 0 bridgehead atoms. The minimum absolute atomic E-state index is 0.887. The van der Waals surface area contributed by atoms with Gasteiger partial charge in [0, 0.05) is 0 Å². The molecule has 12 heavy (non-hydrogen) atoms. The molecule has 5 nitrogen and oxygen atoms in total. The van der Waals surface area contributed by atoms with Crippen molar-refractivity contribution in [1.29, 1.82) is 0 Å². The third kappa shape index (κ3) is 1.32. The molecule has 6 heteroatoms. The molecule has 1 aliphatic rings. The summed E-state index contributed by atoms with van der Waals surface area (Å²) < 4.78 is 16.5. The monoisotopic (exact) mass is 182 g/mol. The minimum Gasteiger partial charge on any atom is -0.391 e. The molecule has 1 unspecified atom stereocenters. The molecule has 4 atom stereocenters. The first-order valence-electron chi connectivity index (χ1n) is 3.48. The number of aliphatic hydroxyl groups is 4. The van der Waals surface area contributed by atoms with Crippen LogP contribution in [0.4, 0.5) is 4.39 Å². The molecule has 4 N–H and O–H groups in total. The van der Waals surface area contributed by atoms with Crippen molar-refractivity contribution in [2.45, 2.75) is 24.1 Å². The van der Waals surface area contributed by atoms with E-state index in [-0.39, 0.29) is 0 Å². The first-order chi connectivity index (χ1) is 5.55. The van der Waals surface area contributed by atoms with Crippen LogP contribution >= 0.6 is 0 Å². The fourth-order valence-electron chi connectivity index (χ4n) is 1.13. The molecule has 1 aliphatic heterocycles. The summed E-state index contributed by atoms with van der Waals surface area (Å²) in [6.45, 7) is -1.91. The highest BCUT2D eigenvalue weighted by atomic mass is 19.1. The van der Waals surface area contributed by atoms with Crippen LogP contribution in [0.1, 0.15) is 0 Å². The number of aliphatic hydroxyl groups excluding tert-OH is 3. The summed E-state index contributed by atoms with van der Waals surface area (Å²) in [5, 5.41) is 35.9. The number of hydrogen-bond donors (Lipinski definition) is 4. The first-order valence-corrected chi connectivity index (χ1v) is 3.48. The molecule has 1 saturated heterocycles. The van der Waals surface area contributed by atoms with E-state index in [1.165, 1.54) is 0 Å². The lowest BCUT2D eigenvalue weighted by atomic mass is 10.1. The fourth-order valence-corrected chi connectivity index (χ4v) is 1.13. The number of hydrogen-bond acceptors (Lipinski definition) is 5. The second-order valence-electron chi connectivity index (χ2n) is 2.75. The maximum atomic E-state index is 12.0. The van der Waals surface area contributed by atoms with Crippen LogP contribution < -0.4 is 0 Å². The zero-order valence-corrected chi connectivity index (χ0v) is 6.22. The van der Waals surface area contributed by atoms with Gasteiger partial charge in [0.1, 0.15) is 25.0 Å². The third-order valence-electron chi connectivity index (χ3n) is 1.90. The van der Waals surface area contributed by atoms with E-state index in [2.05, 4.69) is 4.74 Å². The zero-order valence-electron chi connectivity index (χ0n) is 6.22. The van der Waals surface area contributed by atoms with Crippen LogP contribution in [0.15, 0.2) is 0 Å². The summed E-state index contributed by atoms with van der Waals surface area (Å²) in [6.07, 6.45) is -4.47. The first kappa shape index (κ1) is 9.82. The van der Waals surface area contributed by atoms with Gasteiger partial charge in [-0.05, 0) is 0 Å². The van der Waals surface area contributed by atoms with E-state index in [0.717, 1.165) is 0 Å². The highest BCUT2D eigenvalue weighted by Crippen LogP contribution is 2.28. The summed E-state index contributed by atoms with van der Waals surface area (Å²) in [5.74, 6) is -2.24. The van der Waals surface area contributed by atoms with Crippen LogP contribution in [0.3, 0.4) is 0 Å². The van der Waals surface area contributed by atoms with Crippen molar-refractivity contribution in [3.05, 3.63) is 0 Å². The predicted octanol–water partition coefficient (Wildman–Crippen LogP) is -2.24. The van der Waals surface area contributed by atoms with Crippen molar-refractivity contribution in [3.8, 4) is 0 Å². The molecule has 0 aromatic heterocycles. The van der Waals surface area contributed by atoms with E-state index in [9.17, 15) is 9.50 Å². The lowest BCUT2D eigenvalue weighted by Gasteiger charge is -2.22. The standard InChI is InChI=1S/C6H11FO5/c7-1-3-4(9)5(10)6(11,2-8)12-3/h3-5,8-11H,1-2H2/t3-,4-,5-,6?/m1/s1. The van der Waals surface area contributed by atoms with Gasteiger partial charge in [0.15, 0.2) is 0 Å². The second-order valence-corrected chi connectivity index (χ2v) is 2.75. The number of halogens is 1. The van der Waals surface area contributed by atoms with E-state index in [1.807, 2.05) is 0 Å². The molecule has 1 fully saturated rings. The van der Waals surface area contributed by atoms with E-state index < -0.39 is 37.4 Å². The summed E-state index contributed by atoms with van der Waals surface area (Å²) in [4.78, 5) is 0.